The van der Waals surface area contributed by atoms with Gasteiger partial charge in [-0.2, -0.15) is 4.31 Å². The summed E-state index contributed by atoms with van der Waals surface area (Å²) < 4.78 is 44.1. The van der Waals surface area contributed by atoms with Crippen LogP contribution in [0.25, 0.3) is 0 Å². The van der Waals surface area contributed by atoms with E-state index in [0.717, 1.165) is 9.87 Å². The first kappa shape index (κ1) is 26.3. The number of sulfonamides is 1. The Morgan fingerprint density at radius 1 is 0.886 bits per heavy atom. The lowest BCUT2D eigenvalue weighted by atomic mass is 10.1. The monoisotopic (exact) mass is 518 g/mol. The Morgan fingerprint density at radius 2 is 1.54 bits per heavy atom. The molecule has 10 heteroatoms. The molecule has 0 saturated carbocycles. The third kappa shape index (κ3) is 6.66. The predicted octanol–water partition coefficient (Wildman–Crippen LogP) is 4.24. The van der Waals surface area contributed by atoms with E-state index in [4.69, 9.17) is 25.8 Å². The standard InChI is InChI=1S/C25H27ClN2O6S/c1-32-22-11-9-19(26)15-21(22)27-25(29)17-28(14-13-18-7-5-4-6-8-18)35(30,31)20-10-12-23(33-2)24(16-20)34-3/h4-12,15-16H,13-14,17H2,1-3H3,(H,27,29). The lowest BCUT2D eigenvalue weighted by Gasteiger charge is -2.23. The van der Waals surface area contributed by atoms with Crippen molar-refractivity contribution in [2.45, 2.75) is 11.3 Å². The number of benzene rings is 3. The number of amides is 1. The minimum atomic E-state index is -4.06. The highest BCUT2D eigenvalue weighted by Crippen LogP contribution is 2.31. The predicted molar refractivity (Wildman–Crippen MR) is 135 cm³/mol. The molecule has 8 nitrogen and oxygen atoms in total. The van der Waals surface area contributed by atoms with Crippen LogP contribution in [0.2, 0.25) is 5.02 Å². The number of halogens is 1. The Hall–Kier alpha value is -3.27. The zero-order chi connectivity index (χ0) is 25.4. The van der Waals surface area contributed by atoms with Gasteiger partial charge in [-0.05, 0) is 42.3 Å². The van der Waals surface area contributed by atoms with E-state index in [9.17, 15) is 13.2 Å². The number of hydrogen-bond donors (Lipinski definition) is 1. The molecule has 0 heterocycles. The molecule has 186 valence electrons. The van der Waals surface area contributed by atoms with Crippen LogP contribution >= 0.6 is 11.6 Å². The Kier molecular flexibility index (Phi) is 8.97. The lowest BCUT2D eigenvalue weighted by Crippen LogP contribution is -2.39. The molecule has 3 aromatic carbocycles. The Balaban J connectivity index is 1.90. The van der Waals surface area contributed by atoms with Gasteiger partial charge in [0.2, 0.25) is 15.9 Å². The van der Waals surface area contributed by atoms with Crippen LogP contribution in [0.15, 0.2) is 71.6 Å². The number of anilines is 1. The zero-order valence-electron chi connectivity index (χ0n) is 19.7. The molecule has 0 radical (unpaired) electrons. The normalized spacial score (nSPS) is 11.2. The molecule has 0 aliphatic carbocycles. The van der Waals surface area contributed by atoms with E-state index in [-0.39, 0.29) is 17.2 Å². The number of hydrogen-bond acceptors (Lipinski definition) is 6. The van der Waals surface area contributed by atoms with Gasteiger partial charge in [0.1, 0.15) is 5.75 Å². The first-order valence-electron chi connectivity index (χ1n) is 10.7. The molecular formula is C25H27ClN2O6S. The second-order valence-electron chi connectivity index (χ2n) is 7.48. The number of rotatable bonds is 11. The van der Waals surface area contributed by atoms with Gasteiger partial charge in [-0.15, -0.1) is 0 Å². The fourth-order valence-electron chi connectivity index (χ4n) is 3.44. The second-order valence-corrected chi connectivity index (χ2v) is 9.86. The third-order valence-corrected chi connectivity index (χ3v) is 7.32. The highest BCUT2D eigenvalue weighted by atomic mass is 35.5. The summed E-state index contributed by atoms with van der Waals surface area (Å²) in [5, 5.41) is 3.10. The summed E-state index contributed by atoms with van der Waals surface area (Å²) in [4.78, 5) is 12.9. The topological polar surface area (TPSA) is 94.2 Å². The van der Waals surface area contributed by atoms with Crippen LogP contribution in [-0.4, -0.2) is 53.0 Å². The third-order valence-electron chi connectivity index (χ3n) is 5.24. The van der Waals surface area contributed by atoms with Crippen molar-refractivity contribution >= 4 is 33.2 Å². The zero-order valence-corrected chi connectivity index (χ0v) is 21.2. The average Bonchev–Trinajstić information content (AvgIpc) is 2.86. The van der Waals surface area contributed by atoms with E-state index in [1.807, 2.05) is 30.3 Å². The van der Waals surface area contributed by atoms with Crippen LogP contribution in [0.5, 0.6) is 17.2 Å². The van der Waals surface area contributed by atoms with Crippen LogP contribution in [0.4, 0.5) is 5.69 Å². The molecule has 0 bridgehead atoms. The molecule has 0 unspecified atom stereocenters. The maximum absolute atomic E-state index is 13.6. The van der Waals surface area contributed by atoms with Crippen molar-refractivity contribution in [3.05, 3.63) is 77.3 Å². The van der Waals surface area contributed by atoms with Crippen molar-refractivity contribution in [2.24, 2.45) is 0 Å². The molecule has 0 spiro atoms. The molecule has 0 saturated heterocycles. The van der Waals surface area contributed by atoms with Crippen molar-refractivity contribution in [3.63, 3.8) is 0 Å². The van der Waals surface area contributed by atoms with Crippen LogP contribution in [0.1, 0.15) is 5.56 Å². The molecule has 3 aromatic rings. The Labute approximate surface area is 210 Å². The number of nitrogens with zero attached hydrogens (tertiary/aromatic N) is 1. The quantitative estimate of drug-likeness (QED) is 0.408. The molecule has 0 fully saturated rings. The maximum Gasteiger partial charge on any atom is 0.243 e. The number of methoxy groups -OCH3 is 3. The molecule has 0 aliphatic heterocycles. The number of nitrogens with one attached hydrogen (secondary N) is 1. The Morgan fingerprint density at radius 3 is 2.20 bits per heavy atom. The molecular weight excluding hydrogens is 492 g/mol. The number of ether oxygens (including phenoxy) is 3. The maximum atomic E-state index is 13.6. The van der Waals surface area contributed by atoms with Gasteiger partial charge >= 0.3 is 0 Å². The average molecular weight is 519 g/mol. The van der Waals surface area contributed by atoms with Gasteiger partial charge in [-0.3, -0.25) is 4.79 Å². The molecule has 1 amide bonds. The summed E-state index contributed by atoms with van der Waals surface area (Å²) in [7, 11) is 0.293. The highest BCUT2D eigenvalue weighted by Gasteiger charge is 2.28. The van der Waals surface area contributed by atoms with Crippen molar-refractivity contribution in [2.75, 3.05) is 39.7 Å². The number of carbonyl (C=O) groups excluding carboxylic acids is 1. The van der Waals surface area contributed by atoms with Crippen LogP contribution in [-0.2, 0) is 21.2 Å². The van der Waals surface area contributed by atoms with E-state index in [2.05, 4.69) is 5.32 Å². The first-order chi connectivity index (χ1) is 16.8. The fourth-order valence-corrected chi connectivity index (χ4v) is 5.02. The van der Waals surface area contributed by atoms with Crippen molar-refractivity contribution in [3.8, 4) is 17.2 Å². The molecule has 0 aliphatic rings. The molecule has 0 aromatic heterocycles. The summed E-state index contributed by atoms with van der Waals surface area (Å²) in [6.07, 6.45) is 0.418. The number of carbonyl (C=O) groups is 1. The molecule has 0 atom stereocenters. The van der Waals surface area contributed by atoms with E-state index >= 15 is 0 Å². The summed E-state index contributed by atoms with van der Waals surface area (Å²) in [5.41, 5.74) is 1.29. The van der Waals surface area contributed by atoms with Crippen LogP contribution in [0.3, 0.4) is 0 Å². The summed E-state index contributed by atoms with van der Waals surface area (Å²) in [6.45, 7) is -0.333. The van der Waals surface area contributed by atoms with Crippen molar-refractivity contribution < 1.29 is 27.4 Å². The van der Waals surface area contributed by atoms with Gasteiger partial charge < -0.3 is 19.5 Å². The van der Waals surface area contributed by atoms with Crippen LogP contribution < -0.4 is 19.5 Å². The largest absolute Gasteiger partial charge is 0.495 e. The molecule has 3 rings (SSSR count). The van der Waals surface area contributed by atoms with Gasteiger partial charge in [0.25, 0.3) is 0 Å². The van der Waals surface area contributed by atoms with E-state index in [1.165, 1.54) is 45.6 Å². The van der Waals surface area contributed by atoms with Gasteiger partial charge in [0.15, 0.2) is 11.5 Å². The van der Waals surface area contributed by atoms with E-state index < -0.39 is 22.5 Å². The highest BCUT2D eigenvalue weighted by molar-refractivity contribution is 7.89. The summed E-state index contributed by atoms with van der Waals surface area (Å²) in [5.74, 6) is 0.529. The van der Waals surface area contributed by atoms with E-state index in [1.54, 1.807) is 12.1 Å². The SMILES string of the molecule is COc1ccc(Cl)cc1NC(=O)CN(CCc1ccccc1)S(=O)(=O)c1ccc(OC)c(OC)c1. The minimum absolute atomic E-state index is 0.0173. The fraction of sp³-hybridized carbons (Fsp3) is 0.240. The smallest absolute Gasteiger partial charge is 0.243 e. The van der Waals surface area contributed by atoms with Gasteiger partial charge in [-0.25, -0.2) is 8.42 Å². The van der Waals surface area contributed by atoms with Crippen LogP contribution in [0, 0.1) is 0 Å². The minimum Gasteiger partial charge on any atom is -0.495 e. The lowest BCUT2D eigenvalue weighted by molar-refractivity contribution is -0.116. The van der Waals surface area contributed by atoms with Crippen molar-refractivity contribution in [1.82, 2.24) is 4.31 Å². The van der Waals surface area contributed by atoms with Crippen molar-refractivity contribution in [1.29, 1.82) is 0 Å². The summed E-state index contributed by atoms with van der Waals surface area (Å²) >= 11 is 6.05. The van der Waals surface area contributed by atoms with E-state index in [0.29, 0.717) is 28.6 Å². The van der Waals surface area contributed by atoms with Gasteiger partial charge in [0.05, 0.1) is 38.5 Å². The molecule has 1 N–H and O–H groups in total. The second kappa shape index (κ2) is 11.9. The Bertz CT molecular complexity index is 1270. The molecule has 35 heavy (non-hydrogen) atoms. The first-order valence-corrected chi connectivity index (χ1v) is 12.5. The van der Waals surface area contributed by atoms with Gasteiger partial charge in [0, 0.05) is 17.6 Å². The van der Waals surface area contributed by atoms with Gasteiger partial charge in [-0.1, -0.05) is 41.9 Å². The summed E-state index contributed by atoms with van der Waals surface area (Å²) in [6, 6.07) is 18.5.